The smallest absolute Gasteiger partial charge is 0.231 e. The molecule has 2 aromatic heterocycles. The van der Waals surface area contributed by atoms with Crippen molar-refractivity contribution in [1.82, 2.24) is 7.94 Å². The Kier molecular flexibility index (Phi) is 5.51. The summed E-state index contributed by atoms with van der Waals surface area (Å²) in [5, 5.41) is 1.30. The summed E-state index contributed by atoms with van der Waals surface area (Å²) in [5.74, 6) is 0. The highest BCUT2D eigenvalue weighted by Gasteiger charge is 2.32. The van der Waals surface area contributed by atoms with Crippen LogP contribution in [0.25, 0.3) is 32.8 Å². The van der Waals surface area contributed by atoms with Crippen molar-refractivity contribution < 1.29 is 16.8 Å². The Bertz CT molecular complexity index is 1970. The van der Waals surface area contributed by atoms with Gasteiger partial charge in [0, 0.05) is 15.8 Å². The lowest BCUT2D eigenvalue weighted by Gasteiger charge is -2.11. The first-order chi connectivity index (χ1) is 18.0. The number of benzene rings is 4. The standard InChI is InChI=1S/C29H23ClN2O4S2/c1-18-4-10-22(11-5-18)37(33,34)31-26-14-8-20(3)16-24(26)28-29(31)25-17-21(30)9-15-27(25)32(28)38(35,36)23-12-6-19(2)7-13-23/h4-17H,1-3H3. The van der Waals surface area contributed by atoms with Gasteiger partial charge in [-0.25, -0.2) is 24.8 Å². The van der Waals surface area contributed by atoms with Crippen LogP contribution < -0.4 is 0 Å². The van der Waals surface area contributed by atoms with E-state index in [1.807, 2.05) is 32.9 Å². The lowest BCUT2D eigenvalue weighted by Crippen LogP contribution is -2.13. The van der Waals surface area contributed by atoms with E-state index in [1.165, 1.54) is 7.94 Å². The van der Waals surface area contributed by atoms with Crippen molar-refractivity contribution in [3.8, 4) is 0 Å². The van der Waals surface area contributed by atoms with E-state index in [1.54, 1.807) is 72.8 Å². The van der Waals surface area contributed by atoms with Crippen LogP contribution in [0, 0.1) is 20.8 Å². The summed E-state index contributed by atoms with van der Waals surface area (Å²) >= 11 is 6.38. The average molecular weight is 563 g/mol. The van der Waals surface area contributed by atoms with E-state index < -0.39 is 20.0 Å². The van der Waals surface area contributed by atoms with Gasteiger partial charge in [-0.1, -0.05) is 58.6 Å². The topological polar surface area (TPSA) is 78.1 Å². The maximum atomic E-state index is 14.2. The molecule has 4 aromatic carbocycles. The van der Waals surface area contributed by atoms with Crippen LogP contribution in [0.5, 0.6) is 0 Å². The van der Waals surface area contributed by atoms with Gasteiger partial charge < -0.3 is 0 Å². The van der Waals surface area contributed by atoms with Crippen molar-refractivity contribution in [3.63, 3.8) is 0 Å². The number of hydrogen-bond acceptors (Lipinski definition) is 4. The number of fused-ring (bicyclic) bond motifs is 5. The Morgan fingerprint density at radius 1 is 0.526 bits per heavy atom. The number of halogens is 1. The molecule has 0 amide bonds. The molecule has 0 N–H and O–H groups in total. The molecule has 6 nitrogen and oxygen atoms in total. The van der Waals surface area contributed by atoms with Crippen LogP contribution >= 0.6 is 11.6 Å². The van der Waals surface area contributed by atoms with E-state index in [9.17, 15) is 16.8 Å². The van der Waals surface area contributed by atoms with E-state index in [2.05, 4.69) is 0 Å². The van der Waals surface area contributed by atoms with Gasteiger partial charge in [0.25, 0.3) is 20.0 Å². The van der Waals surface area contributed by atoms with Crippen LogP contribution in [-0.4, -0.2) is 24.8 Å². The minimum Gasteiger partial charge on any atom is -0.231 e. The molecule has 6 rings (SSSR count). The molecular formula is C29H23ClN2O4S2. The van der Waals surface area contributed by atoms with Gasteiger partial charge in [0.2, 0.25) is 0 Å². The highest BCUT2D eigenvalue weighted by Crippen LogP contribution is 2.42. The Labute approximate surface area is 225 Å². The second-order valence-electron chi connectivity index (χ2n) is 9.54. The van der Waals surface area contributed by atoms with Crippen molar-refractivity contribution in [2.75, 3.05) is 0 Å². The maximum absolute atomic E-state index is 14.2. The molecule has 6 aromatic rings. The molecule has 0 radical (unpaired) electrons. The first-order valence-corrected chi connectivity index (χ1v) is 15.2. The third-order valence-corrected chi connectivity index (χ3v) is 10.5. The first kappa shape index (κ1) is 24.7. The van der Waals surface area contributed by atoms with Gasteiger partial charge in [-0.2, -0.15) is 0 Å². The molecule has 9 heteroatoms. The first-order valence-electron chi connectivity index (χ1n) is 11.9. The quantitative estimate of drug-likeness (QED) is 0.237. The Morgan fingerprint density at radius 3 is 1.39 bits per heavy atom. The second kappa shape index (κ2) is 8.46. The van der Waals surface area contributed by atoms with Crippen molar-refractivity contribution in [3.05, 3.63) is 107 Å². The number of aromatic nitrogens is 2. The fraction of sp³-hybridized carbons (Fsp3) is 0.103. The van der Waals surface area contributed by atoms with Crippen LogP contribution in [0.2, 0.25) is 5.02 Å². The molecule has 0 aliphatic carbocycles. The molecule has 0 aliphatic rings. The summed E-state index contributed by atoms with van der Waals surface area (Å²) in [6, 6.07) is 23.4. The van der Waals surface area contributed by atoms with Gasteiger partial charge in [0.05, 0.1) is 31.9 Å². The molecule has 0 saturated carbocycles. The van der Waals surface area contributed by atoms with E-state index in [4.69, 9.17) is 11.6 Å². The summed E-state index contributed by atoms with van der Waals surface area (Å²) in [6.07, 6.45) is 0. The lowest BCUT2D eigenvalue weighted by atomic mass is 10.2. The van der Waals surface area contributed by atoms with Gasteiger partial charge in [0.15, 0.2) is 0 Å². The number of hydrogen-bond donors (Lipinski definition) is 0. The minimum absolute atomic E-state index is 0.104. The second-order valence-corrected chi connectivity index (χ2v) is 13.6. The fourth-order valence-corrected chi connectivity index (χ4v) is 8.17. The third kappa shape index (κ3) is 3.59. The molecule has 0 aliphatic heterocycles. The highest BCUT2D eigenvalue weighted by atomic mass is 35.5. The van der Waals surface area contributed by atoms with Gasteiger partial charge in [-0.15, -0.1) is 0 Å². The summed E-state index contributed by atoms with van der Waals surface area (Å²) in [5.41, 5.74) is 4.00. The van der Waals surface area contributed by atoms with Crippen LogP contribution in [0.15, 0.2) is 94.7 Å². The molecule has 38 heavy (non-hydrogen) atoms. The molecule has 0 atom stereocenters. The summed E-state index contributed by atoms with van der Waals surface area (Å²) in [4.78, 5) is 0.207. The van der Waals surface area contributed by atoms with E-state index in [0.717, 1.165) is 16.7 Å². The fourth-order valence-electron chi connectivity index (χ4n) is 4.93. The largest absolute Gasteiger partial charge is 0.268 e. The third-order valence-electron chi connectivity index (χ3n) is 6.81. The number of aryl methyl sites for hydroxylation is 3. The van der Waals surface area contributed by atoms with Crippen LogP contribution in [0.4, 0.5) is 0 Å². The Hall–Kier alpha value is -3.59. The molecule has 2 heterocycles. The predicted molar refractivity (Wildman–Crippen MR) is 152 cm³/mol. The molecule has 0 unspecified atom stereocenters. The SMILES string of the molecule is Cc1ccc(S(=O)(=O)n2c3ccc(Cl)cc3c3c2c2cc(C)ccc2n3S(=O)(=O)c2ccc(C)cc2)cc1. The minimum atomic E-state index is -4.12. The number of nitrogens with zero attached hydrogens (tertiary/aromatic N) is 2. The molecule has 0 fully saturated rings. The molecule has 0 spiro atoms. The van der Waals surface area contributed by atoms with Gasteiger partial charge in [-0.05, 0) is 75.4 Å². The zero-order valence-electron chi connectivity index (χ0n) is 20.8. The van der Waals surface area contributed by atoms with Crippen molar-refractivity contribution in [2.24, 2.45) is 0 Å². The molecule has 0 bridgehead atoms. The number of rotatable bonds is 4. The summed E-state index contributed by atoms with van der Waals surface area (Å²) in [7, 11) is -8.24. The molecular weight excluding hydrogens is 540 g/mol. The van der Waals surface area contributed by atoms with Crippen LogP contribution in [0.1, 0.15) is 16.7 Å². The molecule has 0 saturated heterocycles. The van der Waals surface area contributed by atoms with E-state index in [0.29, 0.717) is 26.8 Å². The van der Waals surface area contributed by atoms with Gasteiger partial charge in [0.1, 0.15) is 0 Å². The van der Waals surface area contributed by atoms with E-state index >= 15 is 0 Å². The average Bonchev–Trinajstić information content (AvgIpc) is 3.37. The monoisotopic (exact) mass is 562 g/mol. The van der Waals surface area contributed by atoms with Gasteiger partial charge in [-0.3, -0.25) is 0 Å². The molecule has 192 valence electrons. The Morgan fingerprint density at radius 2 is 0.921 bits per heavy atom. The summed E-state index contributed by atoms with van der Waals surface area (Å²) < 4.78 is 59.2. The lowest BCUT2D eigenvalue weighted by molar-refractivity contribution is 0.588. The van der Waals surface area contributed by atoms with Crippen molar-refractivity contribution in [1.29, 1.82) is 0 Å². The van der Waals surface area contributed by atoms with Crippen molar-refractivity contribution in [2.45, 2.75) is 30.6 Å². The maximum Gasteiger partial charge on any atom is 0.268 e. The zero-order chi connectivity index (χ0) is 27.0. The van der Waals surface area contributed by atoms with Gasteiger partial charge >= 0.3 is 0 Å². The Balaban J connectivity index is 1.85. The van der Waals surface area contributed by atoms with E-state index in [-0.39, 0.29) is 20.8 Å². The van der Waals surface area contributed by atoms with Crippen LogP contribution in [0.3, 0.4) is 0 Å². The zero-order valence-corrected chi connectivity index (χ0v) is 23.2. The highest BCUT2D eigenvalue weighted by molar-refractivity contribution is 7.91. The van der Waals surface area contributed by atoms with Crippen LogP contribution in [-0.2, 0) is 20.0 Å². The normalized spacial score (nSPS) is 12.6. The summed E-state index contributed by atoms with van der Waals surface area (Å²) in [6.45, 7) is 5.65. The van der Waals surface area contributed by atoms with Crippen molar-refractivity contribution >= 4 is 64.5 Å². The predicted octanol–water partition coefficient (Wildman–Crippen LogP) is 6.80.